The molecule has 8 heteroatoms. The summed E-state index contributed by atoms with van der Waals surface area (Å²) in [6.07, 6.45) is 0.270. The van der Waals surface area contributed by atoms with Crippen molar-refractivity contribution < 1.29 is 23.1 Å². The fourth-order valence-corrected chi connectivity index (χ4v) is 4.13. The maximum atomic E-state index is 13.3. The van der Waals surface area contributed by atoms with Gasteiger partial charge in [0, 0.05) is 5.69 Å². The molecule has 0 radical (unpaired) electrons. The molecule has 29 heavy (non-hydrogen) atoms. The number of carbonyl (C=O) groups excluding carboxylic acids is 2. The molecule has 3 rings (SSSR count). The highest BCUT2D eigenvalue weighted by atomic mass is 32.2. The minimum atomic E-state index is -0.833. The number of hydrogen-bond donors (Lipinski definition) is 0. The van der Waals surface area contributed by atoms with Gasteiger partial charge >= 0.3 is 5.97 Å². The van der Waals surface area contributed by atoms with Gasteiger partial charge in [-0.05, 0) is 55.3 Å². The smallest absolute Gasteiger partial charge is 0.351 e. The van der Waals surface area contributed by atoms with Crippen molar-refractivity contribution in [1.29, 1.82) is 5.26 Å². The molecule has 1 saturated heterocycles. The van der Waals surface area contributed by atoms with E-state index in [1.165, 1.54) is 41.3 Å². The van der Waals surface area contributed by atoms with E-state index in [0.29, 0.717) is 5.69 Å². The van der Waals surface area contributed by atoms with Gasteiger partial charge in [-0.3, -0.25) is 9.69 Å². The monoisotopic (exact) mass is 414 g/mol. The van der Waals surface area contributed by atoms with Gasteiger partial charge in [-0.1, -0.05) is 23.9 Å². The number of nitriles is 1. The van der Waals surface area contributed by atoms with Crippen molar-refractivity contribution in [3.05, 3.63) is 76.3 Å². The second kappa shape index (κ2) is 8.88. The number of carbonyl (C=O) groups is 2. The van der Waals surface area contributed by atoms with Crippen LogP contribution in [0.5, 0.6) is 0 Å². The lowest BCUT2D eigenvalue weighted by atomic mass is 10.1. The fraction of sp³-hybridized carbons (Fsp3) is 0.190. The minimum absolute atomic E-state index is 0.0749. The molecule has 1 aliphatic rings. The highest BCUT2D eigenvalue weighted by Crippen LogP contribution is 2.42. The van der Waals surface area contributed by atoms with Crippen LogP contribution in [0.25, 0.3) is 0 Å². The summed E-state index contributed by atoms with van der Waals surface area (Å²) < 4.78 is 31.4. The Kier molecular flexibility index (Phi) is 6.29. The van der Waals surface area contributed by atoms with Crippen LogP contribution in [-0.4, -0.2) is 23.7 Å². The van der Waals surface area contributed by atoms with E-state index in [2.05, 4.69) is 0 Å². The van der Waals surface area contributed by atoms with Crippen molar-refractivity contribution in [1.82, 2.24) is 0 Å². The van der Waals surface area contributed by atoms with Crippen LogP contribution in [0.2, 0.25) is 0 Å². The molecule has 2 aromatic carbocycles. The predicted octanol–water partition coefficient (Wildman–Crippen LogP) is 3.95. The van der Waals surface area contributed by atoms with Crippen molar-refractivity contribution in [3.8, 4) is 6.07 Å². The van der Waals surface area contributed by atoms with Crippen molar-refractivity contribution >= 4 is 29.3 Å². The molecule has 1 fully saturated rings. The minimum Gasteiger partial charge on any atom is -0.462 e. The summed E-state index contributed by atoms with van der Waals surface area (Å²) in [4.78, 5) is 26.6. The number of amides is 1. The zero-order valence-corrected chi connectivity index (χ0v) is 16.2. The zero-order chi connectivity index (χ0) is 21.0. The van der Waals surface area contributed by atoms with Crippen LogP contribution in [0.4, 0.5) is 14.5 Å². The molecule has 1 atom stereocenters. The Labute approximate surface area is 170 Å². The third kappa shape index (κ3) is 4.46. The molecule has 1 heterocycles. The number of esters is 1. The average Bonchev–Trinajstić information content (AvgIpc) is 3.01. The molecule has 148 valence electrons. The van der Waals surface area contributed by atoms with Gasteiger partial charge in [-0.15, -0.1) is 0 Å². The van der Waals surface area contributed by atoms with Gasteiger partial charge in [0.25, 0.3) is 0 Å². The summed E-state index contributed by atoms with van der Waals surface area (Å²) in [6.45, 7) is 1.69. The van der Waals surface area contributed by atoms with Crippen LogP contribution in [0.15, 0.2) is 59.1 Å². The molecule has 1 amide bonds. The summed E-state index contributed by atoms with van der Waals surface area (Å²) >= 11 is 1.06. The number of benzene rings is 2. The molecule has 0 aliphatic carbocycles. The second-order valence-corrected chi connectivity index (χ2v) is 7.29. The molecule has 2 aromatic rings. The molecular weight excluding hydrogens is 398 g/mol. The Morgan fingerprint density at radius 3 is 2.28 bits per heavy atom. The highest BCUT2D eigenvalue weighted by molar-refractivity contribution is 8.05. The molecule has 0 spiro atoms. The predicted molar refractivity (Wildman–Crippen MR) is 105 cm³/mol. The Morgan fingerprint density at radius 2 is 1.72 bits per heavy atom. The summed E-state index contributed by atoms with van der Waals surface area (Å²) in [7, 11) is 0. The first-order valence-electron chi connectivity index (χ1n) is 8.76. The lowest BCUT2D eigenvalue weighted by Gasteiger charge is -2.18. The number of thioether (sulfide) groups is 1. The van der Waals surface area contributed by atoms with Gasteiger partial charge in [-0.25, -0.2) is 13.6 Å². The quantitative estimate of drug-likeness (QED) is 0.421. The highest BCUT2D eigenvalue weighted by Gasteiger charge is 2.41. The zero-order valence-electron chi connectivity index (χ0n) is 15.4. The van der Waals surface area contributed by atoms with E-state index >= 15 is 0 Å². The number of hydrogen-bond acceptors (Lipinski definition) is 5. The molecule has 5 nitrogen and oxygen atoms in total. The molecular formula is C21H16F2N2O3S. The first-order valence-corrected chi connectivity index (χ1v) is 9.64. The van der Waals surface area contributed by atoms with E-state index in [1.54, 1.807) is 19.1 Å². The molecule has 0 saturated carbocycles. The lowest BCUT2D eigenvalue weighted by molar-refractivity contribution is -0.138. The van der Waals surface area contributed by atoms with E-state index in [-0.39, 0.29) is 35.4 Å². The normalized spacial score (nSPS) is 17.8. The summed E-state index contributed by atoms with van der Waals surface area (Å²) in [5.74, 6) is -2.06. The number of nitrogens with zero attached hydrogens (tertiary/aromatic N) is 2. The van der Waals surface area contributed by atoms with E-state index < -0.39 is 17.0 Å². The number of anilines is 1. The second-order valence-electron chi connectivity index (χ2n) is 6.10. The first-order chi connectivity index (χ1) is 13.9. The topological polar surface area (TPSA) is 70.4 Å². The first kappa shape index (κ1) is 20.6. The maximum Gasteiger partial charge on any atom is 0.351 e. The van der Waals surface area contributed by atoms with Crippen molar-refractivity contribution in [2.75, 3.05) is 11.5 Å². The maximum absolute atomic E-state index is 13.3. The van der Waals surface area contributed by atoms with Gasteiger partial charge in [-0.2, -0.15) is 5.26 Å². The van der Waals surface area contributed by atoms with Gasteiger partial charge in [0.15, 0.2) is 5.57 Å². The van der Waals surface area contributed by atoms with Crippen LogP contribution in [0, 0.1) is 23.0 Å². The van der Waals surface area contributed by atoms with E-state index in [9.17, 15) is 23.6 Å². The lowest BCUT2D eigenvalue weighted by Crippen LogP contribution is -2.30. The standard InChI is InChI=1S/C21H16F2N2O3S/c1-2-28-21(27)17(12-24)20-25(16-9-7-15(23)8-10-16)19(26)18(29-20)11-13-3-5-14(22)6-4-13/h3-10,18H,2,11H2,1H3/b20-17+/t18-/m1/s1. The van der Waals surface area contributed by atoms with E-state index in [0.717, 1.165) is 17.3 Å². The van der Waals surface area contributed by atoms with Crippen molar-refractivity contribution in [2.24, 2.45) is 0 Å². The fourth-order valence-electron chi connectivity index (χ4n) is 2.83. The Morgan fingerprint density at radius 1 is 1.14 bits per heavy atom. The number of rotatable bonds is 5. The van der Waals surface area contributed by atoms with Gasteiger partial charge in [0.1, 0.15) is 22.7 Å². The molecule has 0 unspecified atom stereocenters. The van der Waals surface area contributed by atoms with E-state index in [4.69, 9.17) is 4.74 Å². The Hall–Kier alpha value is -3.18. The van der Waals surface area contributed by atoms with Crippen LogP contribution >= 0.6 is 11.8 Å². The number of halogens is 2. The van der Waals surface area contributed by atoms with Gasteiger partial charge in [0.05, 0.1) is 11.9 Å². The van der Waals surface area contributed by atoms with Crippen molar-refractivity contribution in [3.63, 3.8) is 0 Å². The Balaban J connectivity index is 2.02. The molecule has 1 aliphatic heterocycles. The average molecular weight is 414 g/mol. The summed E-state index contributed by atoms with van der Waals surface area (Å²) in [5, 5.41) is 9.02. The third-order valence-electron chi connectivity index (χ3n) is 4.18. The molecule has 0 N–H and O–H groups in total. The van der Waals surface area contributed by atoms with Gasteiger partial charge < -0.3 is 4.74 Å². The largest absolute Gasteiger partial charge is 0.462 e. The summed E-state index contributed by atoms with van der Waals surface area (Å²) in [5.41, 5.74) is 0.765. The summed E-state index contributed by atoms with van der Waals surface area (Å²) in [6, 6.07) is 12.7. The van der Waals surface area contributed by atoms with E-state index in [1.807, 2.05) is 6.07 Å². The molecule has 0 aromatic heterocycles. The van der Waals surface area contributed by atoms with Gasteiger partial charge in [0.2, 0.25) is 5.91 Å². The number of ether oxygens (including phenoxy) is 1. The SMILES string of the molecule is CCOC(=O)/C(C#N)=C1/S[C@H](Cc2ccc(F)cc2)C(=O)N1c1ccc(F)cc1. The van der Waals surface area contributed by atoms with Crippen LogP contribution in [0.3, 0.4) is 0 Å². The third-order valence-corrected chi connectivity index (χ3v) is 5.44. The van der Waals surface area contributed by atoms with Crippen LogP contribution < -0.4 is 4.90 Å². The Bertz CT molecular complexity index is 998. The molecule has 0 bridgehead atoms. The van der Waals surface area contributed by atoms with Crippen molar-refractivity contribution in [2.45, 2.75) is 18.6 Å². The van der Waals surface area contributed by atoms with Crippen LogP contribution in [-0.2, 0) is 20.7 Å². The van der Waals surface area contributed by atoms with Crippen LogP contribution in [0.1, 0.15) is 12.5 Å².